The average Bonchev–Trinajstić information content (AvgIpc) is 2.97. The predicted octanol–water partition coefficient (Wildman–Crippen LogP) is 3.43. The molecule has 0 atom stereocenters. The van der Waals surface area contributed by atoms with E-state index >= 15 is 0 Å². The number of H-pyrrole nitrogens is 1. The van der Waals surface area contributed by atoms with Gasteiger partial charge in [-0.05, 0) is 30.3 Å². The third kappa shape index (κ3) is 2.35. The zero-order valence-electron chi connectivity index (χ0n) is 10.9. The Morgan fingerprint density at radius 1 is 1.24 bits per heavy atom. The molecule has 0 fully saturated rings. The number of hydrogen-bond donors (Lipinski definition) is 2. The molecule has 0 saturated carbocycles. The molecule has 5 heteroatoms. The van der Waals surface area contributed by atoms with Crippen molar-refractivity contribution in [2.24, 2.45) is 0 Å². The van der Waals surface area contributed by atoms with Crippen molar-refractivity contribution >= 4 is 22.5 Å². The summed E-state index contributed by atoms with van der Waals surface area (Å²) in [6.07, 6.45) is 1.76. The van der Waals surface area contributed by atoms with Gasteiger partial charge in [-0.3, -0.25) is 4.79 Å². The summed E-state index contributed by atoms with van der Waals surface area (Å²) >= 11 is 0. The van der Waals surface area contributed by atoms with Crippen LogP contribution in [0, 0.1) is 17.1 Å². The normalized spacial score (nSPS) is 10.3. The van der Waals surface area contributed by atoms with E-state index in [1.54, 1.807) is 24.4 Å². The van der Waals surface area contributed by atoms with E-state index < -0.39 is 5.82 Å². The molecular formula is C16H10FN3O. The van der Waals surface area contributed by atoms with Gasteiger partial charge in [0.25, 0.3) is 5.91 Å². The summed E-state index contributed by atoms with van der Waals surface area (Å²) in [5, 5.41) is 12.4. The number of aromatic nitrogens is 1. The fourth-order valence-corrected chi connectivity index (χ4v) is 2.16. The Morgan fingerprint density at radius 2 is 2.10 bits per heavy atom. The number of anilines is 1. The molecule has 102 valence electrons. The van der Waals surface area contributed by atoms with Crippen LogP contribution >= 0.6 is 0 Å². The number of carbonyl (C=O) groups excluding carboxylic acids is 1. The average molecular weight is 279 g/mol. The third-order valence-electron chi connectivity index (χ3n) is 3.18. The van der Waals surface area contributed by atoms with Crippen LogP contribution in [0.5, 0.6) is 0 Å². The SMILES string of the molecule is N#Cc1cc(NC(=O)c2cccc3cc[nH]c23)ccc1F. The first-order valence-electron chi connectivity index (χ1n) is 6.26. The van der Waals surface area contributed by atoms with E-state index in [2.05, 4.69) is 10.3 Å². The molecule has 4 nitrogen and oxygen atoms in total. The second-order valence-electron chi connectivity index (χ2n) is 4.51. The number of nitrogens with zero attached hydrogens (tertiary/aromatic N) is 1. The van der Waals surface area contributed by atoms with Crippen LogP contribution in [0.25, 0.3) is 10.9 Å². The van der Waals surface area contributed by atoms with Gasteiger partial charge in [-0.2, -0.15) is 5.26 Å². The summed E-state index contributed by atoms with van der Waals surface area (Å²) in [4.78, 5) is 15.3. The molecule has 0 spiro atoms. The van der Waals surface area contributed by atoms with Gasteiger partial charge < -0.3 is 10.3 Å². The molecule has 0 aliphatic carbocycles. The molecule has 3 aromatic rings. The molecule has 21 heavy (non-hydrogen) atoms. The van der Waals surface area contributed by atoms with E-state index in [-0.39, 0.29) is 11.5 Å². The minimum atomic E-state index is -0.609. The van der Waals surface area contributed by atoms with E-state index in [0.717, 1.165) is 17.0 Å². The number of carbonyl (C=O) groups is 1. The molecule has 2 N–H and O–H groups in total. The Morgan fingerprint density at radius 3 is 2.90 bits per heavy atom. The van der Waals surface area contributed by atoms with E-state index in [9.17, 15) is 9.18 Å². The molecule has 0 saturated heterocycles. The summed E-state index contributed by atoms with van der Waals surface area (Å²) in [6, 6.07) is 12.9. The number of aromatic amines is 1. The number of nitriles is 1. The number of amides is 1. The van der Waals surface area contributed by atoms with E-state index in [0.29, 0.717) is 11.3 Å². The van der Waals surface area contributed by atoms with Crippen molar-refractivity contribution in [2.75, 3.05) is 5.32 Å². The van der Waals surface area contributed by atoms with Gasteiger partial charge in [0, 0.05) is 17.3 Å². The van der Waals surface area contributed by atoms with Gasteiger partial charge >= 0.3 is 0 Å². The van der Waals surface area contributed by atoms with E-state index in [1.807, 2.05) is 12.1 Å². The number of nitrogens with one attached hydrogen (secondary N) is 2. The lowest BCUT2D eigenvalue weighted by Crippen LogP contribution is -2.12. The molecule has 3 rings (SSSR count). The van der Waals surface area contributed by atoms with Gasteiger partial charge in [0.05, 0.1) is 16.6 Å². The van der Waals surface area contributed by atoms with Crippen molar-refractivity contribution < 1.29 is 9.18 Å². The quantitative estimate of drug-likeness (QED) is 0.754. The molecule has 0 aliphatic heterocycles. The Bertz CT molecular complexity index is 877. The highest BCUT2D eigenvalue weighted by Crippen LogP contribution is 2.19. The van der Waals surface area contributed by atoms with Gasteiger partial charge in [0.15, 0.2) is 0 Å². The van der Waals surface area contributed by atoms with Crippen molar-refractivity contribution in [2.45, 2.75) is 0 Å². The first kappa shape index (κ1) is 12.9. The number of para-hydroxylation sites is 1. The van der Waals surface area contributed by atoms with Crippen LogP contribution in [0.3, 0.4) is 0 Å². The van der Waals surface area contributed by atoms with Crippen LogP contribution in [-0.4, -0.2) is 10.9 Å². The van der Waals surface area contributed by atoms with Gasteiger partial charge in [0.1, 0.15) is 11.9 Å². The smallest absolute Gasteiger partial charge is 0.257 e. The van der Waals surface area contributed by atoms with Crippen LogP contribution in [0.15, 0.2) is 48.7 Å². The van der Waals surface area contributed by atoms with Crippen LogP contribution < -0.4 is 5.32 Å². The third-order valence-corrected chi connectivity index (χ3v) is 3.18. The lowest BCUT2D eigenvalue weighted by Gasteiger charge is -2.07. The van der Waals surface area contributed by atoms with Gasteiger partial charge in [-0.15, -0.1) is 0 Å². The maximum atomic E-state index is 13.3. The highest BCUT2D eigenvalue weighted by Gasteiger charge is 2.12. The van der Waals surface area contributed by atoms with Crippen molar-refractivity contribution in [1.29, 1.82) is 5.26 Å². The van der Waals surface area contributed by atoms with Gasteiger partial charge in [0.2, 0.25) is 0 Å². The molecule has 0 aliphatic rings. The molecule has 0 unspecified atom stereocenters. The zero-order valence-corrected chi connectivity index (χ0v) is 10.9. The number of rotatable bonds is 2. The van der Waals surface area contributed by atoms with E-state index in [4.69, 9.17) is 5.26 Å². The molecular weight excluding hydrogens is 269 g/mol. The number of halogens is 1. The van der Waals surface area contributed by atoms with Gasteiger partial charge in [-0.1, -0.05) is 12.1 Å². The summed E-state index contributed by atoms with van der Waals surface area (Å²) < 4.78 is 13.3. The maximum absolute atomic E-state index is 13.3. The zero-order chi connectivity index (χ0) is 14.8. The Kier molecular flexibility index (Phi) is 3.13. The Labute approximate surface area is 119 Å². The Balaban J connectivity index is 1.93. The number of benzene rings is 2. The largest absolute Gasteiger partial charge is 0.361 e. The monoisotopic (exact) mass is 279 g/mol. The number of hydrogen-bond acceptors (Lipinski definition) is 2. The summed E-state index contributed by atoms with van der Waals surface area (Å²) in [5.41, 5.74) is 1.49. The highest BCUT2D eigenvalue weighted by molar-refractivity contribution is 6.12. The summed E-state index contributed by atoms with van der Waals surface area (Å²) in [7, 11) is 0. The molecule has 1 amide bonds. The molecule has 0 bridgehead atoms. The van der Waals surface area contributed by atoms with Crippen LogP contribution in [0.1, 0.15) is 15.9 Å². The fourth-order valence-electron chi connectivity index (χ4n) is 2.16. The topological polar surface area (TPSA) is 68.7 Å². The van der Waals surface area contributed by atoms with Crippen LogP contribution in [0.4, 0.5) is 10.1 Å². The molecule has 1 heterocycles. The van der Waals surface area contributed by atoms with Crippen molar-refractivity contribution in [3.8, 4) is 6.07 Å². The van der Waals surface area contributed by atoms with E-state index in [1.165, 1.54) is 12.1 Å². The van der Waals surface area contributed by atoms with Crippen molar-refractivity contribution in [3.05, 3.63) is 65.6 Å². The summed E-state index contributed by atoms with van der Waals surface area (Å²) in [5.74, 6) is -0.930. The Hall–Kier alpha value is -3.13. The second-order valence-corrected chi connectivity index (χ2v) is 4.51. The predicted molar refractivity (Wildman–Crippen MR) is 77.4 cm³/mol. The second kappa shape index (κ2) is 5.10. The minimum Gasteiger partial charge on any atom is -0.361 e. The lowest BCUT2D eigenvalue weighted by molar-refractivity contribution is 0.102. The summed E-state index contributed by atoms with van der Waals surface area (Å²) in [6.45, 7) is 0. The highest BCUT2D eigenvalue weighted by atomic mass is 19.1. The van der Waals surface area contributed by atoms with Gasteiger partial charge in [-0.25, -0.2) is 4.39 Å². The first-order chi connectivity index (χ1) is 10.2. The van der Waals surface area contributed by atoms with Crippen LogP contribution in [-0.2, 0) is 0 Å². The van der Waals surface area contributed by atoms with Crippen molar-refractivity contribution in [3.63, 3.8) is 0 Å². The van der Waals surface area contributed by atoms with Crippen LogP contribution in [0.2, 0.25) is 0 Å². The minimum absolute atomic E-state index is 0.106. The first-order valence-corrected chi connectivity index (χ1v) is 6.26. The molecule has 2 aromatic carbocycles. The lowest BCUT2D eigenvalue weighted by atomic mass is 10.1. The number of fused-ring (bicyclic) bond motifs is 1. The maximum Gasteiger partial charge on any atom is 0.257 e. The molecule has 0 radical (unpaired) electrons. The van der Waals surface area contributed by atoms with Crippen molar-refractivity contribution in [1.82, 2.24) is 4.98 Å². The molecule has 1 aromatic heterocycles. The standard InChI is InChI=1S/C16H10FN3O/c17-14-5-4-12(8-11(14)9-18)20-16(21)13-3-1-2-10-6-7-19-15(10)13/h1-8,19H,(H,20,21). The fraction of sp³-hybridized carbons (Fsp3) is 0.